The van der Waals surface area contributed by atoms with E-state index in [1.165, 1.54) is 7.11 Å². The molecule has 0 amide bonds. The van der Waals surface area contributed by atoms with Gasteiger partial charge in [-0.25, -0.2) is 0 Å². The average Bonchev–Trinajstić information content (AvgIpc) is 2.70. The highest BCUT2D eigenvalue weighted by atomic mass is 16.5. The zero-order valence-electron chi connectivity index (χ0n) is 9.87. The molecule has 1 rings (SSSR count). The van der Waals surface area contributed by atoms with Crippen molar-refractivity contribution in [3.8, 4) is 0 Å². The molecule has 0 bridgehead atoms. The monoisotopic (exact) mass is 223 g/mol. The highest BCUT2D eigenvalue weighted by molar-refractivity contribution is 5.74. The van der Waals surface area contributed by atoms with Gasteiger partial charge in [0.15, 0.2) is 6.29 Å². The summed E-state index contributed by atoms with van der Waals surface area (Å²) < 4.78 is 4.67. The predicted molar refractivity (Wildman–Crippen MR) is 60.4 cm³/mol. The second-order valence-electron chi connectivity index (χ2n) is 3.83. The number of aryl methyl sites for hydroxylation is 1. The molecule has 0 aromatic carbocycles. The number of ether oxygens (including phenoxy) is 1. The van der Waals surface area contributed by atoms with Crippen LogP contribution >= 0.6 is 0 Å². The number of H-pyrrole nitrogens is 1. The Bertz CT molecular complexity index is 382. The quantitative estimate of drug-likeness (QED) is 0.611. The molecule has 0 aliphatic rings. The Kier molecular flexibility index (Phi) is 4.28. The molecule has 0 saturated carbocycles. The van der Waals surface area contributed by atoms with E-state index >= 15 is 0 Å². The van der Waals surface area contributed by atoms with Crippen LogP contribution in [0.25, 0.3) is 0 Å². The summed E-state index contributed by atoms with van der Waals surface area (Å²) in [7, 11) is 1.38. The summed E-state index contributed by atoms with van der Waals surface area (Å²) in [6.45, 7) is 3.83. The zero-order valence-corrected chi connectivity index (χ0v) is 9.87. The molecule has 1 N–H and O–H groups in total. The first kappa shape index (κ1) is 12.5. The summed E-state index contributed by atoms with van der Waals surface area (Å²) in [5.74, 6) is -0.433. The molecule has 1 unspecified atom stereocenters. The summed E-state index contributed by atoms with van der Waals surface area (Å²) in [5.41, 5.74) is 2.59. The topological polar surface area (TPSA) is 59.2 Å². The molecule has 1 heterocycles. The van der Waals surface area contributed by atoms with E-state index in [9.17, 15) is 9.59 Å². The van der Waals surface area contributed by atoms with Gasteiger partial charge in [-0.1, -0.05) is 13.8 Å². The Balaban J connectivity index is 2.83. The van der Waals surface area contributed by atoms with Crippen LogP contribution in [-0.2, 0) is 22.4 Å². The molecular weight excluding hydrogens is 206 g/mol. The standard InChI is InChI=1S/C12H17NO3/c1-4-9-6-10(7-14)13-11(9)5-8(2)12(15)16-3/h6-8,13H,4-5H2,1-3H3. The number of carbonyl (C=O) groups is 2. The molecule has 88 valence electrons. The van der Waals surface area contributed by atoms with E-state index in [4.69, 9.17) is 0 Å². The molecule has 0 aliphatic heterocycles. The number of methoxy groups -OCH3 is 1. The first-order valence-corrected chi connectivity index (χ1v) is 5.36. The first-order chi connectivity index (χ1) is 7.62. The van der Waals surface area contributed by atoms with E-state index < -0.39 is 0 Å². The summed E-state index contributed by atoms with van der Waals surface area (Å²) in [6, 6.07) is 1.83. The molecule has 1 aromatic rings. The van der Waals surface area contributed by atoms with Crippen LogP contribution in [0.15, 0.2) is 6.07 Å². The maximum atomic E-state index is 11.3. The molecule has 0 radical (unpaired) electrons. The highest BCUT2D eigenvalue weighted by Crippen LogP contribution is 2.16. The molecule has 4 nitrogen and oxygen atoms in total. The van der Waals surface area contributed by atoms with Gasteiger partial charge in [0.1, 0.15) is 0 Å². The molecule has 0 aliphatic carbocycles. The van der Waals surface area contributed by atoms with Crippen LogP contribution in [0.3, 0.4) is 0 Å². The van der Waals surface area contributed by atoms with E-state index in [1.807, 2.05) is 19.9 Å². The maximum Gasteiger partial charge on any atom is 0.308 e. The van der Waals surface area contributed by atoms with Gasteiger partial charge >= 0.3 is 5.97 Å². The average molecular weight is 223 g/mol. The van der Waals surface area contributed by atoms with Gasteiger partial charge in [-0.05, 0) is 18.1 Å². The molecule has 0 saturated heterocycles. The van der Waals surface area contributed by atoms with Gasteiger partial charge in [0.05, 0.1) is 18.7 Å². The summed E-state index contributed by atoms with van der Waals surface area (Å²) >= 11 is 0. The Morgan fingerprint density at radius 2 is 2.31 bits per heavy atom. The van der Waals surface area contributed by atoms with Crippen molar-refractivity contribution in [1.29, 1.82) is 0 Å². The highest BCUT2D eigenvalue weighted by Gasteiger charge is 2.16. The van der Waals surface area contributed by atoms with Crippen LogP contribution in [0.4, 0.5) is 0 Å². The van der Waals surface area contributed by atoms with E-state index in [2.05, 4.69) is 9.72 Å². The lowest BCUT2D eigenvalue weighted by atomic mass is 10.0. The second kappa shape index (κ2) is 5.49. The van der Waals surface area contributed by atoms with E-state index in [-0.39, 0.29) is 11.9 Å². The molecule has 0 spiro atoms. The van der Waals surface area contributed by atoms with Crippen molar-refractivity contribution in [2.45, 2.75) is 26.7 Å². The van der Waals surface area contributed by atoms with Gasteiger partial charge < -0.3 is 9.72 Å². The third-order valence-electron chi connectivity index (χ3n) is 2.63. The molecular formula is C12H17NO3. The van der Waals surface area contributed by atoms with Crippen molar-refractivity contribution < 1.29 is 14.3 Å². The van der Waals surface area contributed by atoms with Crippen LogP contribution in [0.1, 0.15) is 35.6 Å². The number of aldehydes is 1. The van der Waals surface area contributed by atoms with Gasteiger partial charge in [0.25, 0.3) is 0 Å². The van der Waals surface area contributed by atoms with Crippen molar-refractivity contribution >= 4 is 12.3 Å². The van der Waals surface area contributed by atoms with Crippen molar-refractivity contribution in [2.24, 2.45) is 5.92 Å². The molecule has 0 fully saturated rings. The lowest BCUT2D eigenvalue weighted by molar-refractivity contribution is -0.144. The zero-order chi connectivity index (χ0) is 12.1. The van der Waals surface area contributed by atoms with Gasteiger partial charge in [-0.15, -0.1) is 0 Å². The Morgan fingerprint density at radius 1 is 1.62 bits per heavy atom. The Hall–Kier alpha value is -1.58. The summed E-state index contributed by atoms with van der Waals surface area (Å²) in [5, 5.41) is 0. The smallest absolute Gasteiger partial charge is 0.308 e. The van der Waals surface area contributed by atoms with Crippen molar-refractivity contribution in [3.05, 3.63) is 23.0 Å². The predicted octanol–water partition coefficient (Wildman–Crippen LogP) is 1.74. The number of hydrogen-bond acceptors (Lipinski definition) is 3. The van der Waals surface area contributed by atoms with E-state index in [0.717, 1.165) is 24.0 Å². The largest absolute Gasteiger partial charge is 0.469 e. The number of carbonyl (C=O) groups excluding carboxylic acids is 2. The van der Waals surface area contributed by atoms with Crippen molar-refractivity contribution in [1.82, 2.24) is 4.98 Å². The lowest BCUT2D eigenvalue weighted by Crippen LogP contribution is -2.16. The first-order valence-electron chi connectivity index (χ1n) is 5.36. The number of rotatable bonds is 5. The van der Waals surface area contributed by atoms with E-state index in [0.29, 0.717) is 12.1 Å². The SMILES string of the molecule is CCc1cc(C=O)[nH]c1CC(C)C(=O)OC. The van der Waals surface area contributed by atoms with Crippen LogP contribution in [0.5, 0.6) is 0 Å². The molecule has 1 aromatic heterocycles. The number of aromatic amines is 1. The summed E-state index contributed by atoms with van der Waals surface area (Å²) in [4.78, 5) is 24.9. The number of aromatic nitrogens is 1. The second-order valence-corrected chi connectivity index (χ2v) is 3.83. The van der Waals surface area contributed by atoms with Crippen molar-refractivity contribution in [3.63, 3.8) is 0 Å². The minimum atomic E-state index is -0.232. The van der Waals surface area contributed by atoms with Gasteiger partial charge in [-0.3, -0.25) is 9.59 Å². The molecule has 4 heteroatoms. The van der Waals surface area contributed by atoms with E-state index in [1.54, 1.807) is 0 Å². The molecule has 16 heavy (non-hydrogen) atoms. The Labute approximate surface area is 95.0 Å². The maximum absolute atomic E-state index is 11.3. The fourth-order valence-electron chi connectivity index (χ4n) is 1.72. The van der Waals surface area contributed by atoms with Gasteiger partial charge in [0.2, 0.25) is 0 Å². The van der Waals surface area contributed by atoms with Gasteiger partial charge in [-0.2, -0.15) is 0 Å². The Morgan fingerprint density at radius 3 is 2.81 bits per heavy atom. The van der Waals surface area contributed by atoms with Crippen molar-refractivity contribution in [2.75, 3.05) is 7.11 Å². The fourth-order valence-corrected chi connectivity index (χ4v) is 1.72. The van der Waals surface area contributed by atoms with Gasteiger partial charge in [0, 0.05) is 12.1 Å². The molecule has 1 atom stereocenters. The third-order valence-corrected chi connectivity index (χ3v) is 2.63. The summed E-state index contributed by atoms with van der Waals surface area (Å²) in [6.07, 6.45) is 2.20. The number of esters is 1. The van der Waals surface area contributed by atoms with Crippen LogP contribution in [0.2, 0.25) is 0 Å². The van der Waals surface area contributed by atoms with Crippen LogP contribution in [-0.4, -0.2) is 24.3 Å². The fraction of sp³-hybridized carbons (Fsp3) is 0.500. The minimum absolute atomic E-state index is 0.201. The minimum Gasteiger partial charge on any atom is -0.469 e. The number of nitrogens with one attached hydrogen (secondary N) is 1. The lowest BCUT2D eigenvalue weighted by Gasteiger charge is -2.08. The van der Waals surface area contributed by atoms with Crippen LogP contribution < -0.4 is 0 Å². The van der Waals surface area contributed by atoms with Crippen LogP contribution in [0, 0.1) is 5.92 Å². The third kappa shape index (κ3) is 2.72. The normalized spacial score (nSPS) is 12.2. The number of hydrogen-bond donors (Lipinski definition) is 1.